The van der Waals surface area contributed by atoms with Gasteiger partial charge in [0.05, 0.1) is 0 Å². The van der Waals surface area contributed by atoms with E-state index >= 15 is 0 Å². The van der Waals surface area contributed by atoms with Gasteiger partial charge < -0.3 is 0 Å². The zero-order valence-corrected chi connectivity index (χ0v) is 24.1. The molecule has 0 saturated heterocycles. The third-order valence-electron chi connectivity index (χ3n) is 5.98. The van der Waals surface area contributed by atoms with E-state index < -0.39 is 21.4 Å². The van der Waals surface area contributed by atoms with E-state index in [2.05, 4.69) is 121 Å². The molecule has 37 heavy (non-hydrogen) atoms. The van der Waals surface area contributed by atoms with Gasteiger partial charge in [0.15, 0.2) is 0 Å². The molecular weight excluding hydrogens is 599 g/mol. The van der Waals surface area contributed by atoms with E-state index in [1.807, 2.05) is 30.3 Å². The fourth-order valence-electron chi connectivity index (χ4n) is 4.33. The molecular formula is C33H25Cl2PRu. The molecule has 184 valence electrons. The summed E-state index contributed by atoms with van der Waals surface area (Å²) in [5.41, 5.74) is 4.77. The van der Waals surface area contributed by atoms with Crippen LogP contribution in [0, 0.1) is 0 Å². The summed E-state index contributed by atoms with van der Waals surface area (Å²) in [5, 5.41) is 4.19. The van der Waals surface area contributed by atoms with Gasteiger partial charge in [0.2, 0.25) is 0 Å². The van der Waals surface area contributed by atoms with E-state index in [9.17, 15) is 0 Å². The van der Waals surface area contributed by atoms with Gasteiger partial charge in [-0.15, -0.1) is 0 Å². The molecule has 0 saturated carbocycles. The summed E-state index contributed by atoms with van der Waals surface area (Å²) in [6, 6.07) is 50.9. The molecule has 0 spiro atoms. The summed E-state index contributed by atoms with van der Waals surface area (Å²) in [4.78, 5) is 0. The first-order chi connectivity index (χ1) is 18.2. The minimum Gasteiger partial charge on any atom is -0.0622 e. The van der Waals surface area contributed by atoms with Crippen LogP contribution in [0.5, 0.6) is 0 Å². The van der Waals surface area contributed by atoms with E-state index in [4.69, 9.17) is 19.4 Å². The number of allylic oxidation sites excluding steroid dienone is 1. The van der Waals surface area contributed by atoms with Crippen LogP contribution in [0.2, 0.25) is 0 Å². The van der Waals surface area contributed by atoms with Gasteiger partial charge in [-0.05, 0) is 23.8 Å². The molecule has 0 atom stereocenters. The zero-order valence-electron chi connectivity index (χ0n) is 20.0. The van der Waals surface area contributed by atoms with E-state index in [0.29, 0.717) is 0 Å². The fourth-order valence-corrected chi connectivity index (χ4v) is 9.81. The molecule has 1 aliphatic rings. The Balaban J connectivity index is 0.000000152. The Morgan fingerprint density at radius 1 is 0.459 bits per heavy atom. The van der Waals surface area contributed by atoms with Gasteiger partial charge in [-0.25, -0.2) is 0 Å². The maximum absolute atomic E-state index is 6.29. The van der Waals surface area contributed by atoms with Gasteiger partial charge in [-0.3, -0.25) is 0 Å². The molecule has 0 aliphatic heterocycles. The SMILES string of the molecule is [Cl][Ru]([Cl])=[C]1C(c2ccccc2)=Cc2ccccc21.c1ccc(P(c2ccccc2)c2ccccc2)cc1. The van der Waals surface area contributed by atoms with Crippen LogP contribution in [0.15, 0.2) is 146 Å². The molecule has 0 aromatic heterocycles. The van der Waals surface area contributed by atoms with E-state index in [1.165, 1.54) is 38.2 Å². The summed E-state index contributed by atoms with van der Waals surface area (Å²) < 4.78 is 1.14. The fraction of sp³-hybridized carbons (Fsp3) is 0. The number of hydrogen-bond donors (Lipinski definition) is 0. The molecule has 0 amide bonds. The van der Waals surface area contributed by atoms with Crippen molar-refractivity contribution >= 4 is 59.0 Å². The Morgan fingerprint density at radius 2 is 0.865 bits per heavy atom. The van der Waals surface area contributed by atoms with Gasteiger partial charge in [0.1, 0.15) is 0 Å². The number of benzene rings is 5. The molecule has 0 heterocycles. The first kappa shape index (κ1) is 26.0. The van der Waals surface area contributed by atoms with Crippen molar-refractivity contribution < 1.29 is 13.5 Å². The smallest absolute Gasteiger partial charge is 0.0134 e. The number of rotatable bonds is 4. The minimum absolute atomic E-state index is 0.446. The third kappa shape index (κ3) is 6.26. The van der Waals surface area contributed by atoms with Crippen LogP contribution < -0.4 is 15.9 Å². The standard InChI is InChI=1S/C18H15P.C15H10.2ClH.Ru/c1-4-10-16(11-5-1)19(17-12-6-2-7-13-17)18-14-8-3-9-15-18;1-2-6-12(7-3-1)15-10-13-8-4-5-9-14(13)11-15;;;/h1-15H;1-10H;2*1H;/q;;;;+2/p-2. The summed E-state index contributed by atoms with van der Waals surface area (Å²) in [7, 11) is 12.1. The second-order valence-corrected chi connectivity index (χ2v) is 16.3. The second-order valence-electron chi connectivity index (χ2n) is 8.34. The molecule has 5 aromatic rings. The van der Waals surface area contributed by atoms with Crippen LogP contribution in [-0.2, 0) is 13.5 Å². The zero-order chi connectivity index (χ0) is 25.5. The maximum atomic E-state index is 6.29. The van der Waals surface area contributed by atoms with Crippen LogP contribution in [-0.4, -0.2) is 4.11 Å². The molecule has 6 rings (SSSR count). The second kappa shape index (κ2) is 12.7. The Labute approximate surface area is 233 Å². The van der Waals surface area contributed by atoms with Gasteiger partial charge >= 0.3 is 120 Å². The summed E-state index contributed by atoms with van der Waals surface area (Å²) in [6.45, 7) is 0. The average Bonchev–Trinajstić information content (AvgIpc) is 3.36. The normalized spacial score (nSPS) is 12.4. The van der Waals surface area contributed by atoms with Crippen molar-refractivity contribution in [3.05, 3.63) is 162 Å². The van der Waals surface area contributed by atoms with E-state index in [1.54, 1.807) is 0 Å². The van der Waals surface area contributed by atoms with Crippen LogP contribution in [0.1, 0.15) is 16.7 Å². The Hall–Kier alpha value is -2.66. The Kier molecular flexibility index (Phi) is 8.94. The van der Waals surface area contributed by atoms with Crippen molar-refractivity contribution in [1.82, 2.24) is 0 Å². The molecule has 4 heteroatoms. The Morgan fingerprint density at radius 3 is 1.32 bits per heavy atom. The molecule has 0 unspecified atom stereocenters. The largest absolute Gasteiger partial charge is 0.0622 e. The van der Waals surface area contributed by atoms with Crippen molar-refractivity contribution in [2.45, 2.75) is 0 Å². The summed E-state index contributed by atoms with van der Waals surface area (Å²) in [6.07, 6.45) is 2.19. The quantitative estimate of drug-likeness (QED) is 0.140. The van der Waals surface area contributed by atoms with Crippen molar-refractivity contribution in [3.8, 4) is 0 Å². The average molecular weight is 625 g/mol. The molecule has 0 bridgehead atoms. The number of fused-ring (bicyclic) bond motifs is 1. The predicted molar refractivity (Wildman–Crippen MR) is 162 cm³/mol. The molecule has 0 nitrogen and oxygen atoms in total. The summed E-state index contributed by atoms with van der Waals surface area (Å²) >= 11 is -1.94. The van der Waals surface area contributed by atoms with Gasteiger partial charge in [0.25, 0.3) is 0 Å². The van der Waals surface area contributed by atoms with Crippen molar-refractivity contribution in [3.63, 3.8) is 0 Å². The Bertz CT molecular complexity index is 1420. The maximum Gasteiger partial charge on any atom is -0.0134 e. The molecule has 1 aliphatic carbocycles. The van der Waals surface area contributed by atoms with E-state index in [-0.39, 0.29) is 0 Å². The topological polar surface area (TPSA) is 0 Å². The van der Waals surface area contributed by atoms with Crippen LogP contribution >= 0.6 is 27.3 Å². The number of hydrogen-bond acceptors (Lipinski definition) is 0. The first-order valence-electron chi connectivity index (χ1n) is 11.9. The van der Waals surface area contributed by atoms with Crippen LogP contribution in [0.4, 0.5) is 0 Å². The van der Waals surface area contributed by atoms with Gasteiger partial charge in [-0.2, -0.15) is 0 Å². The predicted octanol–water partition coefficient (Wildman–Crippen LogP) is 8.13. The molecule has 0 N–H and O–H groups in total. The monoisotopic (exact) mass is 624 g/mol. The molecule has 0 fully saturated rings. The van der Waals surface area contributed by atoms with Crippen LogP contribution in [0.25, 0.3) is 11.6 Å². The summed E-state index contributed by atoms with van der Waals surface area (Å²) in [5.74, 6) is 0. The van der Waals surface area contributed by atoms with Crippen molar-refractivity contribution in [1.29, 1.82) is 0 Å². The van der Waals surface area contributed by atoms with E-state index in [0.717, 1.165) is 4.11 Å². The van der Waals surface area contributed by atoms with Gasteiger partial charge in [0, 0.05) is 0 Å². The van der Waals surface area contributed by atoms with Crippen molar-refractivity contribution in [2.24, 2.45) is 0 Å². The van der Waals surface area contributed by atoms with Crippen molar-refractivity contribution in [2.75, 3.05) is 0 Å². The molecule has 5 aromatic carbocycles. The van der Waals surface area contributed by atoms with Gasteiger partial charge in [-0.1, -0.05) is 91.0 Å². The minimum atomic E-state index is -1.94. The first-order valence-corrected chi connectivity index (χ1v) is 18.6. The molecule has 0 radical (unpaired) electrons. The van der Waals surface area contributed by atoms with Crippen LogP contribution in [0.3, 0.4) is 0 Å². The third-order valence-corrected chi connectivity index (χ3v) is 11.6. The number of halogens is 2.